The lowest BCUT2D eigenvalue weighted by Crippen LogP contribution is -2.41. The van der Waals surface area contributed by atoms with Gasteiger partial charge in [0.05, 0.1) is 17.8 Å². The Hall–Kier alpha value is -1.58. The van der Waals surface area contributed by atoms with E-state index in [1.54, 1.807) is 0 Å². The van der Waals surface area contributed by atoms with Gasteiger partial charge in [-0.3, -0.25) is 0 Å². The third-order valence-corrected chi connectivity index (χ3v) is 4.30. The number of halogens is 3. The summed E-state index contributed by atoms with van der Waals surface area (Å²) in [5, 5.41) is 9.58. The van der Waals surface area contributed by atoms with Gasteiger partial charge in [0.2, 0.25) is 0 Å². The second-order valence-electron chi connectivity index (χ2n) is 6.64. The molecule has 3 N–H and O–H groups in total. The maximum atomic E-state index is 13.1. The van der Waals surface area contributed by atoms with Gasteiger partial charge in [-0.25, -0.2) is 4.98 Å². The highest BCUT2D eigenvalue weighted by atomic mass is 19.4. The molecule has 1 aromatic rings. The van der Waals surface area contributed by atoms with Crippen molar-refractivity contribution >= 4 is 19.0 Å². The molecule has 1 saturated heterocycles. The Labute approximate surface area is 138 Å². The molecule has 1 aliphatic heterocycles. The van der Waals surface area contributed by atoms with Crippen LogP contribution < -0.4 is 5.73 Å². The van der Waals surface area contributed by atoms with E-state index in [1.165, 1.54) is 18.2 Å². The van der Waals surface area contributed by atoms with Gasteiger partial charge >= 0.3 is 13.3 Å². The Bertz CT molecular complexity index is 644. The standard InChI is InChI=1S/C15H20BF3N2O3/c1-13(2)14(3,4)24-16(23-13)10(8-22)7-9-5-6-11(20)21-12(9)15(17,18)19/h5-7,22H,8H2,1-4H3,(H2,20,21). The van der Waals surface area contributed by atoms with Gasteiger partial charge in [0, 0.05) is 5.56 Å². The number of nitrogens with zero attached hydrogens (tertiary/aromatic N) is 1. The summed E-state index contributed by atoms with van der Waals surface area (Å²) in [6, 6.07) is 2.46. The molecule has 0 radical (unpaired) electrons. The number of rotatable bonds is 3. The summed E-state index contributed by atoms with van der Waals surface area (Å²) in [6.07, 6.45) is -3.49. The van der Waals surface area contributed by atoms with Gasteiger partial charge in [-0.15, -0.1) is 0 Å². The largest absolute Gasteiger partial charge is 0.492 e. The molecule has 0 spiro atoms. The van der Waals surface area contributed by atoms with Crippen molar-refractivity contribution in [3.8, 4) is 0 Å². The number of nitrogens with two attached hydrogens (primary N) is 1. The quantitative estimate of drug-likeness (QED) is 0.825. The van der Waals surface area contributed by atoms with Gasteiger partial charge in [0.25, 0.3) is 0 Å². The predicted octanol–water partition coefficient (Wildman–Crippen LogP) is 2.69. The molecule has 2 heterocycles. The summed E-state index contributed by atoms with van der Waals surface area (Å²) in [6.45, 7) is 6.74. The van der Waals surface area contributed by atoms with Crippen LogP contribution in [0.25, 0.3) is 6.08 Å². The maximum absolute atomic E-state index is 13.1. The number of aromatic nitrogens is 1. The number of aliphatic hydroxyl groups is 1. The van der Waals surface area contributed by atoms with Gasteiger partial charge in [-0.1, -0.05) is 6.08 Å². The van der Waals surface area contributed by atoms with Crippen molar-refractivity contribution in [2.75, 3.05) is 12.3 Å². The average molecular weight is 344 g/mol. The Morgan fingerprint density at radius 2 is 1.79 bits per heavy atom. The number of anilines is 1. The highest BCUT2D eigenvalue weighted by Crippen LogP contribution is 2.39. The Kier molecular flexibility index (Phi) is 4.73. The lowest BCUT2D eigenvalue weighted by Gasteiger charge is -2.32. The number of alkyl halides is 3. The van der Waals surface area contributed by atoms with Crippen molar-refractivity contribution < 1.29 is 27.6 Å². The highest BCUT2D eigenvalue weighted by Gasteiger charge is 2.52. The minimum atomic E-state index is -4.67. The van der Waals surface area contributed by atoms with E-state index in [2.05, 4.69) is 4.98 Å². The molecule has 1 fully saturated rings. The minimum absolute atomic E-state index is 0.172. The number of nitrogen functional groups attached to an aromatic ring is 1. The Morgan fingerprint density at radius 3 is 2.25 bits per heavy atom. The molecule has 1 aliphatic rings. The van der Waals surface area contributed by atoms with Gasteiger partial charge in [0.1, 0.15) is 5.82 Å². The van der Waals surface area contributed by atoms with Crippen LogP contribution in [0.2, 0.25) is 0 Å². The fourth-order valence-electron chi connectivity index (χ4n) is 2.21. The normalized spacial score (nSPS) is 20.5. The topological polar surface area (TPSA) is 77.6 Å². The van der Waals surface area contributed by atoms with Crippen LogP contribution in [-0.2, 0) is 15.5 Å². The zero-order valence-electron chi connectivity index (χ0n) is 13.9. The molecule has 9 heteroatoms. The first-order chi connectivity index (χ1) is 10.9. The van der Waals surface area contributed by atoms with Crippen LogP contribution in [0.5, 0.6) is 0 Å². The first kappa shape index (κ1) is 18.8. The van der Waals surface area contributed by atoms with E-state index in [1.807, 2.05) is 27.7 Å². The van der Waals surface area contributed by atoms with Crippen LogP contribution in [0.15, 0.2) is 17.6 Å². The first-order valence-corrected chi connectivity index (χ1v) is 7.38. The molecule has 1 aromatic heterocycles. The van der Waals surface area contributed by atoms with E-state index in [0.717, 1.165) is 0 Å². The van der Waals surface area contributed by atoms with Crippen LogP contribution in [0, 0.1) is 0 Å². The Balaban J connectivity index is 2.43. The van der Waals surface area contributed by atoms with Crippen molar-refractivity contribution in [2.24, 2.45) is 0 Å². The lowest BCUT2D eigenvalue weighted by molar-refractivity contribution is -0.141. The molecule has 5 nitrogen and oxygen atoms in total. The summed E-state index contributed by atoms with van der Waals surface area (Å²) < 4.78 is 50.9. The minimum Gasteiger partial charge on any atom is -0.400 e. The molecule has 0 aromatic carbocycles. The molecule has 0 saturated carbocycles. The third kappa shape index (κ3) is 3.58. The second kappa shape index (κ2) is 6.05. The molecule has 24 heavy (non-hydrogen) atoms. The van der Waals surface area contributed by atoms with Crippen molar-refractivity contribution in [3.63, 3.8) is 0 Å². The molecule has 0 aliphatic carbocycles. The SMILES string of the molecule is CC1(C)OB(C(=Cc2ccc(N)nc2C(F)(F)F)CO)OC1(C)C. The molecule has 0 unspecified atom stereocenters. The van der Waals surface area contributed by atoms with E-state index < -0.39 is 36.8 Å². The molecule has 0 atom stereocenters. The zero-order chi connectivity index (χ0) is 18.3. The van der Waals surface area contributed by atoms with Crippen LogP contribution in [0.1, 0.15) is 39.0 Å². The summed E-state index contributed by atoms with van der Waals surface area (Å²) >= 11 is 0. The summed E-state index contributed by atoms with van der Waals surface area (Å²) in [5.41, 5.74) is 2.85. The summed E-state index contributed by atoms with van der Waals surface area (Å²) in [4.78, 5) is 3.36. The molecule has 132 valence electrons. The highest BCUT2D eigenvalue weighted by molar-refractivity contribution is 6.55. The molecule has 2 rings (SSSR count). The van der Waals surface area contributed by atoms with E-state index in [0.29, 0.717) is 0 Å². The molecule has 0 amide bonds. The number of aliphatic hydroxyl groups excluding tert-OH is 1. The van der Waals surface area contributed by atoms with Crippen molar-refractivity contribution in [3.05, 3.63) is 28.9 Å². The summed E-state index contributed by atoms with van der Waals surface area (Å²) in [7, 11) is -0.946. The van der Waals surface area contributed by atoms with Crippen LogP contribution >= 0.6 is 0 Å². The van der Waals surface area contributed by atoms with Gasteiger partial charge in [-0.2, -0.15) is 13.2 Å². The van der Waals surface area contributed by atoms with Crippen LogP contribution in [-0.4, -0.2) is 35.0 Å². The summed E-state index contributed by atoms with van der Waals surface area (Å²) in [5.74, 6) is -0.236. The van der Waals surface area contributed by atoms with Crippen molar-refractivity contribution in [2.45, 2.75) is 45.1 Å². The van der Waals surface area contributed by atoms with E-state index in [-0.39, 0.29) is 16.9 Å². The number of hydrogen-bond acceptors (Lipinski definition) is 5. The van der Waals surface area contributed by atoms with Crippen molar-refractivity contribution in [1.29, 1.82) is 0 Å². The van der Waals surface area contributed by atoms with E-state index in [4.69, 9.17) is 15.0 Å². The second-order valence-corrected chi connectivity index (χ2v) is 6.64. The molecular weight excluding hydrogens is 324 g/mol. The smallest absolute Gasteiger partial charge is 0.400 e. The first-order valence-electron chi connectivity index (χ1n) is 7.38. The average Bonchev–Trinajstić information content (AvgIpc) is 2.64. The van der Waals surface area contributed by atoms with E-state index in [9.17, 15) is 18.3 Å². The number of hydrogen-bond donors (Lipinski definition) is 2. The Morgan fingerprint density at radius 1 is 1.25 bits per heavy atom. The molecule has 0 bridgehead atoms. The van der Waals surface area contributed by atoms with Gasteiger partial charge in [0.15, 0.2) is 5.69 Å². The van der Waals surface area contributed by atoms with E-state index >= 15 is 0 Å². The fourth-order valence-corrected chi connectivity index (χ4v) is 2.21. The predicted molar refractivity (Wildman–Crippen MR) is 84.8 cm³/mol. The monoisotopic (exact) mass is 344 g/mol. The zero-order valence-corrected chi connectivity index (χ0v) is 13.9. The van der Waals surface area contributed by atoms with Crippen LogP contribution in [0.3, 0.4) is 0 Å². The maximum Gasteiger partial charge on any atom is 0.492 e. The van der Waals surface area contributed by atoms with Crippen LogP contribution in [0.4, 0.5) is 19.0 Å². The lowest BCUT2D eigenvalue weighted by atomic mass is 9.77. The third-order valence-electron chi connectivity index (χ3n) is 4.30. The number of pyridine rings is 1. The van der Waals surface area contributed by atoms with Gasteiger partial charge in [-0.05, 0) is 45.3 Å². The van der Waals surface area contributed by atoms with Crippen molar-refractivity contribution in [1.82, 2.24) is 4.98 Å². The molecular formula is C15H20BF3N2O3. The fraction of sp³-hybridized carbons (Fsp3) is 0.533. The van der Waals surface area contributed by atoms with Gasteiger partial charge < -0.3 is 20.1 Å².